The van der Waals surface area contributed by atoms with Gasteiger partial charge >= 0.3 is 5.97 Å². The van der Waals surface area contributed by atoms with E-state index in [1.807, 2.05) is 12.1 Å². The second kappa shape index (κ2) is 7.29. The van der Waals surface area contributed by atoms with Crippen LogP contribution in [0, 0.1) is 0 Å². The number of carboxylic acid groups (broad SMARTS) is 1. The van der Waals surface area contributed by atoms with Crippen molar-refractivity contribution in [3.8, 4) is 22.6 Å². The number of benzene rings is 3. The van der Waals surface area contributed by atoms with Crippen LogP contribution in [0.5, 0.6) is 11.5 Å². The van der Waals surface area contributed by atoms with Crippen LogP contribution in [0.25, 0.3) is 11.1 Å². The normalized spacial score (nSPS) is 11.7. The minimum Gasteiger partial charge on any atom is -0.478 e. The van der Waals surface area contributed by atoms with E-state index in [1.54, 1.807) is 48.5 Å². The average molecular weight is 354 g/mol. The monoisotopic (exact) mass is 354 g/mol. The van der Waals surface area contributed by atoms with Gasteiger partial charge in [-0.2, -0.15) is 0 Å². The molecule has 0 fully saturated rings. The Hall–Kier alpha value is -2.96. The van der Waals surface area contributed by atoms with Gasteiger partial charge in [0.1, 0.15) is 11.5 Å². The lowest BCUT2D eigenvalue weighted by molar-refractivity contribution is 0.0696. The van der Waals surface area contributed by atoms with Crippen molar-refractivity contribution in [1.82, 2.24) is 0 Å². The van der Waals surface area contributed by atoms with Gasteiger partial charge in [-0.3, -0.25) is 0 Å². The molecule has 0 aliphatic heterocycles. The fraction of sp³-hybridized carbons (Fsp3) is 0. The lowest BCUT2D eigenvalue weighted by Crippen LogP contribution is -1.96. The van der Waals surface area contributed by atoms with Gasteiger partial charge in [-0.1, -0.05) is 30.3 Å². The molecule has 2 N–H and O–H groups in total. The Morgan fingerprint density at radius 1 is 0.840 bits per heavy atom. The molecule has 0 amide bonds. The number of hydrogen-bond donors (Lipinski definition) is 2. The Labute approximate surface area is 146 Å². The van der Waals surface area contributed by atoms with E-state index in [-0.39, 0.29) is 5.56 Å². The van der Waals surface area contributed by atoms with Gasteiger partial charge in [0.25, 0.3) is 0 Å². The Balaban J connectivity index is 1.77. The van der Waals surface area contributed by atoms with Crippen molar-refractivity contribution in [1.29, 1.82) is 0 Å². The number of carbonyl (C=O) groups is 1. The lowest BCUT2D eigenvalue weighted by atomic mass is 10.1. The predicted octanol–water partition coefficient (Wildman–Crippen LogP) is 4.42. The van der Waals surface area contributed by atoms with Gasteiger partial charge in [0.2, 0.25) is 0 Å². The van der Waals surface area contributed by atoms with Crippen LogP contribution in [0.2, 0.25) is 0 Å². The van der Waals surface area contributed by atoms with Crippen LogP contribution in [-0.2, 0) is 11.1 Å². The zero-order valence-corrected chi connectivity index (χ0v) is 13.8. The fourth-order valence-corrected chi connectivity index (χ4v) is 2.68. The molecule has 0 spiro atoms. The first kappa shape index (κ1) is 16.9. The maximum Gasteiger partial charge on any atom is 0.335 e. The van der Waals surface area contributed by atoms with Crippen molar-refractivity contribution in [3.05, 3.63) is 78.4 Å². The molecule has 0 heterocycles. The Kier molecular flexibility index (Phi) is 4.92. The molecular weight excluding hydrogens is 340 g/mol. The standard InChI is InChI=1S/C19H14O5S/c20-19(21)15-2-1-3-17(12-15)24-16-8-4-13(5-9-16)14-6-10-18(11-7-14)25(22)23/h1-12H,(H,20,21)(H,22,23). The van der Waals surface area contributed by atoms with Crippen LogP contribution >= 0.6 is 0 Å². The molecule has 1 unspecified atom stereocenters. The van der Waals surface area contributed by atoms with E-state index in [2.05, 4.69) is 0 Å². The Bertz CT molecular complexity index is 917. The van der Waals surface area contributed by atoms with Gasteiger partial charge < -0.3 is 14.4 Å². The van der Waals surface area contributed by atoms with E-state index in [0.29, 0.717) is 16.4 Å². The van der Waals surface area contributed by atoms with Crippen LogP contribution < -0.4 is 4.74 Å². The second-order valence-corrected chi connectivity index (χ2v) is 6.20. The minimum absolute atomic E-state index is 0.162. The zero-order chi connectivity index (χ0) is 17.8. The summed E-state index contributed by atoms with van der Waals surface area (Å²) in [6.45, 7) is 0. The average Bonchev–Trinajstić information content (AvgIpc) is 2.63. The first-order chi connectivity index (χ1) is 12.0. The summed E-state index contributed by atoms with van der Waals surface area (Å²) in [7, 11) is 0. The molecule has 0 radical (unpaired) electrons. The highest BCUT2D eigenvalue weighted by molar-refractivity contribution is 7.79. The predicted molar refractivity (Wildman–Crippen MR) is 94.4 cm³/mol. The topological polar surface area (TPSA) is 83.8 Å². The summed E-state index contributed by atoms with van der Waals surface area (Å²) in [5, 5.41) is 9.00. The molecule has 0 aliphatic rings. The van der Waals surface area contributed by atoms with E-state index in [1.165, 1.54) is 12.1 Å². The molecule has 0 aliphatic carbocycles. The molecule has 3 aromatic rings. The largest absolute Gasteiger partial charge is 0.478 e. The van der Waals surface area contributed by atoms with Gasteiger partial charge in [0.05, 0.1) is 10.5 Å². The molecule has 0 saturated carbocycles. The molecular formula is C19H14O5S. The molecule has 0 saturated heterocycles. The number of ether oxygens (including phenoxy) is 1. The summed E-state index contributed by atoms with van der Waals surface area (Å²) in [5.41, 5.74) is 2.01. The quantitative estimate of drug-likeness (QED) is 0.663. The van der Waals surface area contributed by atoms with E-state index in [4.69, 9.17) is 14.4 Å². The van der Waals surface area contributed by atoms with Crippen LogP contribution in [-0.4, -0.2) is 19.8 Å². The van der Waals surface area contributed by atoms with Crippen molar-refractivity contribution >= 4 is 17.0 Å². The summed E-state index contributed by atoms with van der Waals surface area (Å²) in [6, 6.07) is 20.3. The van der Waals surface area contributed by atoms with Gasteiger partial charge in [0.15, 0.2) is 11.1 Å². The van der Waals surface area contributed by atoms with Crippen LogP contribution in [0.4, 0.5) is 0 Å². The molecule has 6 heteroatoms. The Morgan fingerprint density at radius 3 is 2.00 bits per heavy atom. The molecule has 3 rings (SSSR count). The van der Waals surface area contributed by atoms with Crippen molar-refractivity contribution in [2.75, 3.05) is 0 Å². The van der Waals surface area contributed by atoms with E-state index < -0.39 is 17.0 Å². The maximum absolute atomic E-state index is 11.0. The third-order valence-electron chi connectivity index (χ3n) is 3.56. The van der Waals surface area contributed by atoms with Gasteiger partial charge in [-0.25, -0.2) is 9.00 Å². The first-order valence-electron chi connectivity index (χ1n) is 7.35. The molecule has 5 nitrogen and oxygen atoms in total. The number of aromatic carboxylic acids is 1. The summed E-state index contributed by atoms with van der Waals surface area (Å²) in [4.78, 5) is 11.3. The van der Waals surface area contributed by atoms with E-state index in [9.17, 15) is 9.00 Å². The van der Waals surface area contributed by atoms with Crippen LogP contribution in [0.1, 0.15) is 10.4 Å². The third-order valence-corrected chi connectivity index (χ3v) is 4.24. The SMILES string of the molecule is O=C(O)c1cccc(Oc2ccc(-c3ccc(S(=O)O)cc3)cc2)c1. The highest BCUT2D eigenvalue weighted by Gasteiger charge is 2.06. The van der Waals surface area contributed by atoms with Crippen molar-refractivity contribution in [2.24, 2.45) is 0 Å². The van der Waals surface area contributed by atoms with Crippen molar-refractivity contribution in [2.45, 2.75) is 4.90 Å². The zero-order valence-electron chi connectivity index (χ0n) is 13.0. The van der Waals surface area contributed by atoms with Crippen LogP contribution in [0.3, 0.4) is 0 Å². The third kappa shape index (κ3) is 4.12. The smallest absolute Gasteiger partial charge is 0.335 e. The van der Waals surface area contributed by atoms with Gasteiger partial charge in [-0.05, 0) is 53.6 Å². The molecule has 0 aromatic heterocycles. The Morgan fingerprint density at radius 2 is 1.44 bits per heavy atom. The fourth-order valence-electron chi connectivity index (χ4n) is 2.31. The minimum atomic E-state index is -1.99. The summed E-state index contributed by atoms with van der Waals surface area (Å²) < 4.78 is 25.7. The lowest BCUT2D eigenvalue weighted by Gasteiger charge is -2.08. The molecule has 3 aromatic carbocycles. The first-order valence-corrected chi connectivity index (χ1v) is 8.46. The summed E-state index contributed by atoms with van der Waals surface area (Å²) >= 11 is -1.99. The molecule has 1 atom stereocenters. The highest BCUT2D eigenvalue weighted by atomic mass is 32.2. The maximum atomic E-state index is 11.0. The van der Waals surface area contributed by atoms with Gasteiger partial charge in [0, 0.05) is 0 Å². The second-order valence-electron chi connectivity index (χ2n) is 5.23. The van der Waals surface area contributed by atoms with E-state index in [0.717, 1.165) is 11.1 Å². The summed E-state index contributed by atoms with van der Waals surface area (Å²) in [6.07, 6.45) is 0. The number of hydrogen-bond acceptors (Lipinski definition) is 3. The number of carboxylic acids is 1. The summed E-state index contributed by atoms with van der Waals surface area (Å²) in [5.74, 6) is 0.0230. The van der Waals surface area contributed by atoms with Gasteiger partial charge in [-0.15, -0.1) is 0 Å². The van der Waals surface area contributed by atoms with Crippen molar-refractivity contribution in [3.63, 3.8) is 0 Å². The molecule has 0 bridgehead atoms. The van der Waals surface area contributed by atoms with Crippen molar-refractivity contribution < 1.29 is 23.4 Å². The highest BCUT2D eigenvalue weighted by Crippen LogP contribution is 2.26. The molecule has 25 heavy (non-hydrogen) atoms. The number of rotatable bonds is 5. The van der Waals surface area contributed by atoms with Crippen LogP contribution in [0.15, 0.2) is 77.7 Å². The molecule has 126 valence electrons. The van der Waals surface area contributed by atoms with E-state index >= 15 is 0 Å².